The van der Waals surface area contributed by atoms with Gasteiger partial charge in [-0.05, 0) is 42.9 Å². The van der Waals surface area contributed by atoms with Gasteiger partial charge in [-0.1, -0.05) is 11.6 Å². The van der Waals surface area contributed by atoms with Gasteiger partial charge in [0.2, 0.25) is 0 Å². The van der Waals surface area contributed by atoms with Gasteiger partial charge in [0, 0.05) is 42.1 Å². The highest BCUT2D eigenvalue weighted by Crippen LogP contribution is 2.26. The van der Waals surface area contributed by atoms with Crippen LogP contribution in [0.3, 0.4) is 0 Å². The quantitative estimate of drug-likeness (QED) is 0.422. The van der Waals surface area contributed by atoms with Crippen LogP contribution < -0.4 is 10.6 Å². The number of benzene rings is 1. The van der Waals surface area contributed by atoms with Gasteiger partial charge in [-0.3, -0.25) is 4.99 Å². The standard InChI is InChI=1S/C16H23ClN4S.HI/c17-13-3-5-14(6-4-13)20-7-9-21(10-8-20)16(18)19-12-15-2-1-11-22-15;/h3-6,15H,1-2,7-12H2,(H2,18,19);1H. The zero-order valence-corrected chi connectivity index (χ0v) is 17.1. The van der Waals surface area contributed by atoms with Crippen LogP contribution in [-0.2, 0) is 0 Å². The predicted molar refractivity (Wildman–Crippen MR) is 113 cm³/mol. The zero-order chi connectivity index (χ0) is 15.4. The molecule has 1 aromatic carbocycles. The number of nitrogens with zero attached hydrogens (tertiary/aromatic N) is 3. The molecule has 1 aromatic rings. The summed E-state index contributed by atoms with van der Waals surface area (Å²) in [4.78, 5) is 9.17. The van der Waals surface area contributed by atoms with Gasteiger partial charge in [-0.15, -0.1) is 24.0 Å². The second-order valence-corrected chi connectivity index (χ2v) is 7.63. The summed E-state index contributed by atoms with van der Waals surface area (Å²) in [5, 5.41) is 1.46. The number of hydrogen-bond acceptors (Lipinski definition) is 3. The number of guanidine groups is 1. The lowest BCUT2D eigenvalue weighted by Gasteiger charge is -2.36. The van der Waals surface area contributed by atoms with Crippen LogP contribution in [0.15, 0.2) is 29.3 Å². The second-order valence-electron chi connectivity index (χ2n) is 5.78. The Hall–Kier alpha value is -0.340. The first-order chi connectivity index (χ1) is 10.7. The number of halogens is 2. The Labute approximate surface area is 164 Å². The Bertz CT molecular complexity index is 511. The smallest absolute Gasteiger partial charge is 0.191 e. The fraction of sp³-hybridized carbons (Fsp3) is 0.562. The number of aliphatic imine (C=N–C) groups is 1. The lowest BCUT2D eigenvalue weighted by molar-refractivity contribution is 0.381. The van der Waals surface area contributed by atoms with E-state index in [1.165, 1.54) is 24.3 Å². The van der Waals surface area contributed by atoms with E-state index < -0.39 is 0 Å². The van der Waals surface area contributed by atoms with Crippen molar-refractivity contribution in [2.45, 2.75) is 18.1 Å². The third kappa shape index (κ3) is 5.32. The van der Waals surface area contributed by atoms with Crippen molar-refractivity contribution in [2.75, 3.05) is 43.4 Å². The van der Waals surface area contributed by atoms with E-state index in [2.05, 4.69) is 26.9 Å². The largest absolute Gasteiger partial charge is 0.370 e. The summed E-state index contributed by atoms with van der Waals surface area (Å²) >= 11 is 7.97. The maximum absolute atomic E-state index is 6.16. The lowest BCUT2D eigenvalue weighted by Crippen LogP contribution is -2.51. The molecule has 2 fully saturated rings. The predicted octanol–water partition coefficient (Wildman–Crippen LogP) is 3.29. The van der Waals surface area contributed by atoms with Crippen LogP contribution in [0.25, 0.3) is 0 Å². The number of anilines is 1. The van der Waals surface area contributed by atoms with Crippen molar-refractivity contribution in [3.8, 4) is 0 Å². The summed E-state index contributed by atoms with van der Waals surface area (Å²) in [5.41, 5.74) is 7.39. The lowest BCUT2D eigenvalue weighted by atomic mass is 10.2. The highest BCUT2D eigenvalue weighted by Gasteiger charge is 2.19. The van der Waals surface area contributed by atoms with E-state index in [0.717, 1.165) is 37.7 Å². The fourth-order valence-corrected chi connectivity index (χ4v) is 4.24. The monoisotopic (exact) mass is 466 g/mol. The molecule has 2 aliphatic rings. The Morgan fingerprint density at radius 2 is 1.91 bits per heavy atom. The molecule has 0 bridgehead atoms. The molecule has 0 radical (unpaired) electrons. The van der Waals surface area contributed by atoms with Crippen LogP contribution in [0, 0.1) is 0 Å². The van der Waals surface area contributed by atoms with Gasteiger partial charge in [-0.2, -0.15) is 11.8 Å². The van der Waals surface area contributed by atoms with Crippen molar-refractivity contribution in [3.63, 3.8) is 0 Å². The number of hydrogen-bond donors (Lipinski definition) is 1. The Balaban J connectivity index is 0.00000192. The average molecular weight is 467 g/mol. The average Bonchev–Trinajstić information content (AvgIpc) is 3.07. The van der Waals surface area contributed by atoms with E-state index in [4.69, 9.17) is 17.3 Å². The first-order valence-corrected chi connectivity index (χ1v) is 9.32. The third-order valence-electron chi connectivity index (χ3n) is 4.28. The van der Waals surface area contributed by atoms with Crippen molar-refractivity contribution in [1.82, 2.24) is 4.90 Å². The number of nitrogens with two attached hydrogens (primary N) is 1. The van der Waals surface area contributed by atoms with E-state index in [9.17, 15) is 0 Å². The van der Waals surface area contributed by atoms with Gasteiger partial charge >= 0.3 is 0 Å². The number of thioether (sulfide) groups is 1. The minimum atomic E-state index is 0. The van der Waals surface area contributed by atoms with Gasteiger partial charge in [0.05, 0.1) is 6.54 Å². The first kappa shape index (κ1) is 19.0. The van der Waals surface area contributed by atoms with Gasteiger partial charge in [0.15, 0.2) is 5.96 Å². The molecule has 1 unspecified atom stereocenters. The highest BCUT2D eigenvalue weighted by molar-refractivity contribution is 14.0. The molecule has 1 atom stereocenters. The van der Waals surface area contributed by atoms with Crippen molar-refractivity contribution in [3.05, 3.63) is 29.3 Å². The summed E-state index contributed by atoms with van der Waals surface area (Å²) in [6, 6.07) is 8.04. The Morgan fingerprint density at radius 3 is 2.52 bits per heavy atom. The summed E-state index contributed by atoms with van der Waals surface area (Å²) in [6.45, 7) is 4.66. The van der Waals surface area contributed by atoms with Crippen LogP contribution >= 0.6 is 47.3 Å². The molecule has 0 saturated carbocycles. The molecule has 2 saturated heterocycles. The van der Waals surface area contributed by atoms with Crippen molar-refractivity contribution < 1.29 is 0 Å². The second kappa shape index (κ2) is 9.22. The Morgan fingerprint density at radius 1 is 1.22 bits per heavy atom. The molecule has 0 amide bonds. The maximum Gasteiger partial charge on any atom is 0.191 e. The molecule has 0 spiro atoms. The van der Waals surface area contributed by atoms with Gasteiger partial charge in [0.1, 0.15) is 0 Å². The van der Waals surface area contributed by atoms with E-state index in [0.29, 0.717) is 11.2 Å². The molecule has 0 aromatic heterocycles. The molecule has 2 N–H and O–H groups in total. The van der Waals surface area contributed by atoms with Crippen LogP contribution in [-0.4, -0.2) is 54.6 Å². The van der Waals surface area contributed by atoms with Gasteiger partial charge in [0.25, 0.3) is 0 Å². The molecular weight excluding hydrogens is 443 g/mol. The van der Waals surface area contributed by atoms with Gasteiger partial charge < -0.3 is 15.5 Å². The third-order valence-corrected chi connectivity index (χ3v) is 5.91. The maximum atomic E-state index is 6.16. The minimum absolute atomic E-state index is 0. The minimum Gasteiger partial charge on any atom is -0.370 e. The summed E-state index contributed by atoms with van der Waals surface area (Å²) < 4.78 is 0. The SMILES string of the molecule is I.NC(=NCC1CCCS1)N1CCN(c2ccc(Cl)cc2)CC1. The number of piperazine rings is 1. The molecule has 128 valence electrons. The van der Waals surface area contributed by atoms with E-state index in [-0.39, 0.29) is 24.0 Å². The van der Waals surface area contributed by atoms with Crippen molar-refractivity contribution >= 4 is 59.0 Å². The van der Waals surface area contributed by atoms with Gasteiger partial charge in [-0.25, -0.2) is 0 Å². The van der Waals surface area contributed by atoms with E-state index in [1.807, 2.05) is 23.9 Å². The molecule has 23 heavy (non-hydrogen) atoms. The summed E-state index contributed by atoms with van der Waals surface area (Å²) in [6.07, 6.45) is 2.61. The first-order valence-electron chi connectivity index (χ1n) is 7.89. The topological polar surface area (TPSA) is 44.9 Å². The van der Waals surface area contributed by atoms with Crippen LogP contribution in [0.5, 0.6) is 0 Å². The molecule has 2 heterocycles. The summed E-state index contributed by atoms with van der Waals surface area (Å²) in [7, 11) is 0. The Kier molecular flexibility index (Phi) is 7.62. The van der Waals surface area contributed by atoms with Crippen molar-refractivity contribution in [2.24, 2.45) is 10.7 Å². The fourth-order valence-electron chi connectivity index (χ4n) is 2.93. The van der Waals surface area contributed by atoms with Crippen LogP contribution in [0.4, 0.5) is 5.69 Å². The van der Waals surface area contributed by atoms with E-state index in [1.54, 1.807) is 0 Å². The molecule has 2 aliphatic heterocycles. The molecule has 7 heteroatoms. The van der Waals surface area contributed by atoms with Crippen LogP contribution in [0.2, 0.25) is 5.02 Å². The molecule has 0 aliphatic carbocycles. The van der Waals surface area contributed by atoms with Crippen LogP contribution in [0.1, 0.15) is 12.8 Å². The normalized spacial score (nSPS) is 22.1. The van der Waals surface area contributed by atoms with E-state index >= 15 is 0 Å². The number of rotatable bonds is 3. The zero-order valence-electron chi connectivity index (χ0n) is 13.2. The highest BCUT2D eigenvalue weighted by atomic mass is 127. The molecule has 3 rings (SSSR count). The summed E-state index contributed by atoms with van der Waals surface area (Å²) in [5.74, 6) is 1.99. The molecule has 4 nitrogen and oxygen atoms in total. The molecular formula is C16H24ClIN4S. The van der Waals surface area contributed by atoms with Crippen molar-refractivity contribution in [1.29, 1.82) is 0 Å².